The molecule has 2 N–H and O–H groups in total. The van der Waals surface area contributed by atoms with Gasteiger partial charge in [-0.25, -0.2) is 13.6 Å². The average molecular weight is 243 g/mol. The van der Waals surface area contributed by atoms with E-state index in [1.807, 2.05) is 30.3 Å². The van der Waals surface area contributed by atoms with Gasteiger partial charge in [0.1, 0.15) is 0 Å². The lowest BCUT2D eigenvalue weighted by molar-refractivity contribution is 0.0978. The number of nitrogens with two attached hydrogens (primary N) is 1. The predicted octanol–water partition coefficient (Wildman–Crippen LogP) is 1.13. The Kier molecular flexibility index (Phi) is 4.92. The first-order chi connectivity index (χ1) is 7.47. The van der Waals surface area contributed by atoms with Crippen molar-refractivity contribution in [1.29, 1.82) is 0 Å². The van der Waals surface area contributed by atoms with Gasteiger partial charge in [-0.3, -0.25) is 0 Å². The number of rotatable bonds is 6. The van der Waals surface area contributed by atoms with Gasteiger partial charge in [-0.05, 0) is 11.5 Å². The molecule has 0 radical (unpaired) electrons. The molecule has 1 aromatic carbocycles. The monoisotopic (exact) mass is 243 g/mol. The van der Waals surface area contributed by atoms with Crippen molar-refractivity contribution in [1.82, 2.24) is 0 Å². The lowest BCUT2D eigenvalue weighted by Crippen LogP contribution is -2.24. The summed E-state index contributed by atoms with van der Waals surface area (Å²) in [5, 5.41) is 4.94. The van der Waals surface area contributed by atoms with Crippen molar-refractivity contribution >= 4 is 10.0 Å². The van der Waals surface area contributed by atoms with Crippen molar-refractivity contribution in [2.45, 2.75) is 13.5 Å². The lowest BCUT2D eigenvalue weighted by Gasteiger charge is -2.10. The molecule has 1 aromatic rings. The van der Waals surface area contributed by atoms with Gasteiger partial charge < -0.3 is 4.74 Å². The fraction of sp³-hybridized carbons (Fsp3) is 0.455. The van der Waals surface area contributed by atoms with E-state index < -0.39 is 10.0 Å². The van der Waals surface area contributed by atoms with Crippen LogP contribution in [0.25, 0.3) is 0 Å². The number of ether oxygens (including phenoxy) is 1. The number of hydrogen-bond acceptors (Lipinski definition) is 3. The van der Waals surface area contributed by atoms with Crippen LogP contribution < -0.4 is 5.14 Å². The molecular formula is C11H17NO3S. The van der Waals surface area contributed by atoms with Crippen LogP contribution >= 0.6 is 0 Å². The van der Waals surface area contributed by atoms with E-state index in [2.05, 4.69) is 0 Å². The highest BCUT2D eigenvalue weighted by atomic mass is 32.2. The first kappa shape index (κ1) is 13.2. The third-order valence-electron chi connectivity index (χ3n) is 2.03. The molecule has 0 aliphatic heterocycles. The fourth-order valence-corrected chi connectivity index (χ4v) is 2.29. The van der Waals surface area contributed by atoms with E-state index in [1.165, 1.54) is 0 Å². The third kappa shape index (κ3) is 5.85. The van der Waals surface area contributed by atoms with Gasteiger partial charge in [-0.2, -0.15) is 0 Å². The minimum absolute atomic E-state index is 0.0399. The Bertz CT molecular complexity index is 402. The van der Waals surface area contributed by atoms with E-state index >= 15 is 0 Å². The van der Waals surface area contributed by atoms with Crippen LogP contribution in [0.2, 0.25) is 0 Å². The first-order valence-electron chi connectivity index (χ1n) is 5.09. The highest BCUT2D eigenvalue weighted by molar-refractivity contribution is 7.89. The van der Waals surface area contributed by atoms with Gasteiger partial charge in [0.25, 0.3) is 0 Å². The summed E-state index contributed by atoms with van der Waals surface area (Å²) in [6, 6.07) is 9.74. The summed E-state index contributed by atoms with van der Waals surface area (Å²) in [6.45, 7) is 2.69. The van der Waals surface area contributed by atoms with Crippen molar-refractivity contribution in [2.75, 3.05) is 12.4 Å². The molecule has 1 unspecified atom stereocenters. The van der Waals surface area contributed by atoms with Crippen LogP contribution in [0.3, 0.4) is 0 Å². The van der Waals surface area contributed by atoms with Gasteiger partial charge in [-0.1, -0.05) is 37.3 Å². The van der Waals surface area contributed by atoms with Gasteiger partial charge >= 0.3 is 0 Å². The topological polar surface area (TPSA) is 69.4 Å². The normalized spacial score (nSPS) is 13.6. The molecule has 0 aliphatic carbocycles. The zero-order valence-electron chi connectivity index (χ0n) is 9.30. The van der Waals surface area contributed by atoms with E-state index in [0.29, 0.717) is 13.2 Å². The second-order valence-electron chi connectivity index (χ2n) is 3.94. The number of primary sulfonamides is 1. The molecule has 0 amide bonds. The van der Waals surface area contributed by atoms with Crippen molar-refractivity contribution in [3.05, 3.63) is 35.9 Å². The number of hydrogen-bond donors (Lipinski definition) is 1. The quantitative estimate of drug-likeness (QED) is 0.814. The molecule has 0 fully saturated rings. The molecule has 0 heterocycles. The minimum atomic E-state index is -3.40. The first-order valence-corrected chi connectivity index (χ1v) is 6.81. The standard InChI is InChI=1S/C11H17NO3S/c1-10(9-16(12,13)14)7-15-8-11-5-3-2-4-6-11/h2-6,10H,7-9H2,1H3,(H2,12,13,14). The molecule has 16 heavy (non-hydrogen) atoms. The predicted molar refractivity (Wildman–Crippen MR) is 63.2 cm³/mol. The summed E-state index contributed by atoms with van der Waals surface area (Å²) >= 11 is 0. The van der Waals surface area contributed by atoms with Gasteiger partial charge in [0.15, 0.2) is 0 Å². The van der Waals surface area contributed by atoms with Crippen molar-refractivity contribution in [2.24, 2.45) is 11.1 Å². The number of benzene rings is 1. The van der Waals surface area contributed by atoms with E-state index in [9.17, 15) is 8.42 Å². The largest absolute Gasteiger partial charge is 0.376 e. The molecule has 0 spiro atoms. The molecule has 0 saturated heterocycles. The van der Waals surface area contributed by atoms with E-state index in [1.54, 1.807) is 6.92 Å². The third-order valence-corrected chi connectivity index (χ3v) is 3.06. The maximum atomic E-state index is 10.8. The molecule has 5 heteroatoms. The summed E-state index contributed by atoms with van der Waals surface area (Å²) < 4.78 is 27.0. The molecule has 1 rings (SSSR count). The van der Waals surface area contributed by atoms with Crippen LogP contribution in [-0.2, 0) is 21.4 Å². The van der Waals surface area contributed by atoms with Gasteiger partial charge in [0.2, 0.25) is 10.0 Å². The van der Waals surface area contributed by atoms with Crippen molar-refractivity contribution < 1.29 is 13.2 Å². The molecule has 0 aliphatic rings. The van der Waals surface area contributed by atoms with Crippen LogP contribution in [0.15, 0.2) is 30.3 Å². The van der Waals surface area contributed by atoms with Gasteiger partial charge in [-0.15, -0.1) is 0 Å². The summed E-state index contributed by atoms with van der Waals surface area (Å²) in [7, 11) is -3.40. The molecular weight excluding hydrogens is 226 g/mol. The molecule has 90 valence electrons. The summed E-state index contributed by atoms with van der Waals surface area (Å²) in [6.07, 6.45) is 0. The zero-order chi connectivity index (χ0) is 12.0. The summed E-state index contributed by atoms with van der Waals surface area (Å²) in [5.74, 6) is -0.124. The van der Waals surface area contributed by atoms with Crippen LogP contribution in [0, 0.1) is 5.92 Å². The highest BCUT2D eigenvalue weighted by Crippen LogP contribution is 2.04. The Morgan fingerprint density at radius 1 is 1.31 bits per heavy atom. The minimum Gasteiger partial charge on any atom is -0.376 e. The maximum absolute atomic E-state index is 10.8. The Labute approximate surface area is 96.5 Å². The Morgan fingerprint density at radius 3 is 2.50 bits per heavy atom. The van der Waals surface area contributed by atoms with Crippen LogP contribution in [-0.4, -0.2) is 20.8 Å². The molecule has 1 atom stereocenters. The highest BCUT2D eigenvalue weighted by Gasteiger charge is 2.10. The van der Waals surface area contributed by atoms with Gasteiger partial charge in [0, 0.05) is 0 Å². The van der Waals surface area contributed by atoms with E-state index in [-0.39, 0.29) is 11.7 Å². The molecule has 0 bridgehead atoms. The van der Waals surface area contributed by atoms with Gasteiger partial charge in [0.05, 0.1) is 19.0 Å². The second-order valence-corrected chi connectivity index (χ2v) is 5.59. The lowest BCUT2D eigenvalue weighted by atomic mass is 10.2. The molecule has 4 nitrogen and oxygen atoms in total. The molecule has 0 aromatic heterocycles. The number of sulfonamides is 1. The fourth-order valence-electron chi connectivity index (χ4n) is 1.40. The Balaban J connectivity index is 2.26. The van der Waals surface area contributed by atoms with Crippen LogP contribution in [0.5, 0.6) is 0 Å². The van der Waals surface area contributed by atoms with Crippen molar-refractivity contribution in [3.8, 4) is 0 Å². The second kappa shape index (κ2) is 5.98. The molecule has 0 saturated carbocycles. The van der Waals surface area contributed by atoms with Crippen LogP contribution in [0.4, 0.5) is 0 Å². The maximum Gasteiger partial charge on any atom is 0.209 e. The summed E-state index contributed by atoms with van der Waals surface area (Å²) in [4.78, 5) is 0. The summed E-state index contributed by atoms with van der Waals surface area (Å²) in [5.41, 5.74) is 1.07. The zero-order valence-corrected chi connectivity index (χ0v) is 10.1. The Hall–Kier alpha value is -0.910. The Morgan fingerprint density at radius 2 is 1.94 bits per heavy atom. The van der Waals surface area contributed by atoms with E-state index in [4.69, 9.17) is 9.88 Å². The average Bonchev–Trinajstić information content (AvgIpc) is 2.16. The smallest absolute Gasteiger partial charge is 0.209 e. The van der Waals surface area contributed by atoms with E-state index in [0.717, 1.165) is 5.56 Å². The van der Waals surface area contributed by atoms with Crippen LogP contribution in [0.1, 0.15) is 12.5 Å². The SMILES string of the molecule is CC(COCc1ccccc1)CS(N)(=O)=O. The van der Waals surface area contributed by atoms with Crippen molar-refractivity contribution in [3.63, 3.8) is 0 Å².